The van der Waals surface area contributed by atoms with Gasteiger partial charge in [0, 0.05) is 19.2 Å². The van der Waals surface area contributed by atoms with Gasteiger partial charge >= 0.3 is 0 Å². The van der Waals surface area contributed by atoms with Crippen LogP contribution in [0, 0.1) is 12.8 Å². The molecular weight excluding hydrogens is 348 g/mol. The van der Waals surface area contributed by atoms with Gasteiger partial charge in [0.1, 0.15) is 11.5 Å². The fourth-order valence-corrected chi connectivity index (χ4v) is 3.11. The van der Waals surface area contributed by atoms with E-state index in [0.29, 0.717) is 5.19 Å². The van der Waals surface area contributed by atoms with Gasteiger partial charge in [-0.05, 0) is 62.4 Å². The lowest BCUT2D eigenvalue weighted by molar-refractivity contribution is -0.119. The average Bonchev–Trinajstić information content (AvgIpc) is 3.31. The number of aryl methyl sites for hydroxylation is 1. The molecule has 0 radical (unpaired) electrons. The molecule has 138 valence electrons. The lowest BCUT2D eigenvalue weighted by Crippen LogP contribution is -2.28. The molecule has 3 rings (SSSR count). The summed E-state index contributed by atoms with van der Waals surface area (Å²) in [4.78, 5) is 16.3. The smallest absolute Gasteiger partial charge is 0.279 e. The van der Waals surface area contributed by atoms with Crippen molar-refractivity contribution in [3.05, 3.63) is 40.9 Å². The Labute approximate surface area is 158 Å². The van der Waals surface area contributed by atoms with E-state index in [1.54, 1.807) is 6.20 Å². The molecule has 26 heavy (non-hydrogen) atoms. The number of hydrogen-bond donors (Lipinski definition) is 1. The molecule has 0 spiro atoms. The van der Waals surface area contributed by atoms with Crippen molar-refractivity contribution in [2.75, 3.05) is 6.61 Å². The SMILES string of the molecule is CC(=O)N[C@@H](C)C=Cc1cnc(Oc2ccc(OCC3CC3)cc2C)s1. The molecule has 0 unspecified atom stereocenters. The number of carbonyl (C=O) groups is 1. The van der Waals surface area contributed by atoms with Crippen LogP contribution in [0.4, 0.5) is 0 Å². The third-order valence-electron chi connectivity index (χ3n) is 4.01. The number of nitrogens with one attached hydrogen (secondary N) is 1. The third-order valence-corrected chi connectivity index (χ3v) is 4.85. The number of nitrogens with zero attached hydrogens (tertiary/aromatic N) is 1. The van der Waals surface area contributed by atoms with Gasteiger partial charge in [0.05, 0.1) is 11.5 Å². The molecule has 1 amide bonds. The topological polar surface area (TPSA) is 60.5 Å². The maximum atomic E-state index is 11.0. The summed E-state index contributed by atoms with van der Waals surface area (Å²) in [5.74, 6) is 2.36. The molecule has 1 aromatic heterocycles. The van der Waals surface area contributed by atoms with Gasteiger partial charge in [-0.2, -0.15) is 0 Å². The van der Waals surface area contributed by atoms with Gasteiger partial charge in [-0.15, -0.1) is 0 Å². The standard InChI is InChI=1S/C20H24N2O3S/c1-13-10-17(24-12-16-5-6-16)7-9-19(13)25-20-21-11-18(26-20)8-4-14(2)22-15(3)23/h4,7-11,14,16H,5-6,12H2,1-3H3,(H,22,23)/t14-/m0/s1. The normalized spacial score (nSPS) is 15.0. The number of rotatable bonds is 8. The van der Waals surface area contributed by atoms with Crippen LogP contribution in [0.2, 0.25) is 0 Å². The second-order valence-corrected chi connectivity index (χ2v) is 7.69. The Hall–Kier alpha value is -2.34. The van der Waals surface area contributed by atoms with E-state index in [9.17, 15) is 4.79 Å². The first-order chi connectivity index (χ1) is 12.5. The van der Waals surface area contributed by atoms with Gasteiger partial charge < -0.3 is 14.8 Å². The zero-order chi connectivity index (χ0) is 18.5. The number of hydrogen-bond acceptors (Lipinski definition) is 5. The Bertz CT molecular complexity index is 796. The van der Waals surface area contributed by atoms with Crippen LogP contribution in [0.3, 0.4) is 0 Å². The lowest BCUT2D eigenvalue weighted by Gasteiger charge is -2.09. The predicted molar refractivity (Wildman–Crippen MR) is 104 cm³/mol. The van der Waals surface area contributed by atoms with E-state index in [-0.39, 0.29) is 11.9 Å². The summed E-state index contributed by atoms with van der Waals surface area (Å²) in [6.45, 7) is 6.24. The van der Waals surface area contributed by atoms with Crippen LogP contribution >= 0.6 is 11.3 Å². The van der Waals surface area contributed by atoms with E-state index in [2.05, 4.69) is 10.3 Å². The fourth-order valence-electron chi connectivity index (χ4n) is 2.42. The molecule has 6 heteroatoms. The molecule has 1 N–H and O–H groups in total. The van der Waals surface area contributed by atoms with Crippen LogP contribution < -0.4 is 14.8 Å². The summed E-state index contributed by atoms with van der Waals surface area (Å²) in [6.07, 6.45) is 8.19. The second-order valence-electron chi connectivity index (χ2n) is 6.66. The Balaban J connectivity index is 1.57. The zero-order valence-electron chi connectivity index (χ0n) is 15.3. The van der Waals surface area contributed by atoms with Gasteiger partial charge in [-0.25, -0.2) is 4.98 Å². The van der Waals surface area contributed by atoms with Crippen molar-refractivity contribution < 1.29 is 14.3 Å². The zero-order valence-corrected chi connectivity index (χ0v) is 16.1. The van der Waals surface area contributed by atoms with E-state index >= 15 is 0 Å². The van der Waals surface area contributed by atoms with Crippen LogP contribution in [0.15, 0.2) is 30.5 Å². The molecule has 0 bridgehead atoms. The summed E-state index contributed by atoms with van der Waals surface area (Å²) in [5.41, 5.74) is 1.02. The van der Waals surface area contributed by atoms with Crippen molar-refractivity contribution in [1.82, 2.24) is 10.3 Å². The highest BCUT2D eigenvalue weighted by molar-refractivity contribution is 7.14. The van der Waals surface area contributed by atoms with Crippen LogP contribution in [0.5, 0.6) is 16.7 Å². The molecule has 0 aliphatic heterocycles. The molecule has 0 saturated heterocycles. The largest absolute Gasteiger partial charge is 0.493 e. The average molecular weight is 372 g/mol. The van der Waals surface area contributed by atoms with Crippen LogP contribution in [-0.4, -0.2) is 23.5 Å². The molecule has 1 atom stereocenters. The molecule has 1 aliphatic carbocycles. The van der Waals surface area contributed by atoms with E-state index < -0.39 is 0 Å². The molecule has 1 saturated carbocycles. The number of ether oxygens (including phenoxy) is 2. The van der Waals surface area contributed by atoms with E-state index in [1.807, 2.05) is 44.2 Å². The van der Waals surface area contributed by atoms with Gasteiger partial charge in [-0.3, -0.25) is 4.79 Å². The van der Waals surface area contributed by atoms with Crippen molar-refractivity contribution in [1.29, 1.82) is 0 Å². The molecule has 1 heterocycles. The predicted octanol–water partition coefficient (Wildman–Crippen LogP) is 4.57. The molecule has 1 fully saturated rings. The number of amides is 1. The lowest BCUT2D eigenvalue weighted by atomic mass is 10.2. The van der Waals surface area contributed by atoms with Crippen molar-refractivity contribution in [3.63, 3.8) is 0 Å². The molecule has 1 aromatic carbocycles. The number of benzene rings is 1. The molecular formula is C20H24N2O3S. The molecule has 1 aliphatic rings. The number of thiazole rings is 1. The van der Waals surface area contributed by atoms with E-state index in [0.717, 1.165) is 34.5 Å². The first kappa shape index (κ1) is 18.5. The third kappa shape index (κ3) is 5.59. The Kier molecular flexibility index (Phi) is 5.93. The highest BCUT2D eigenvalue weighted by atomic mass is 32.1. The maximum Gasteiger partial charge on any atom is 0.279 e. The second kappa shape index (κ2) is 8.36. The van der Waals surface area contributed by atoms with Crippen LogP contribution in [-0.2, 0) is 4.79 Å². The van der Waals surface area contributed by atoms with Crippen LogP contribution in [0.25, 0.3) is 6.08 Å². The maximum absolute atomic E-state index is 11.0. The summed E-state index contributed by atoms with van der Waals surface area (Å²) in [7, 11) is 0. The van der Waals surface area contributed by atoms with Gasteiger partial charge in [-0.1, -0.05) is 17.4 Å². The number of aromatic nitrogens is 1. The summed E-state index contributed by atoms with van der Waals surface area (Å²) >= 11 is 1.46. The van der Waals surface area contributed by atoms with Gasteiger partial charge in [0.25, 0.3) is 5.19 Å². The van der Waals surface area contributed by atoms with Gasteiger partial charge in [0.2, 0.25) is 5.91 Å². The quantitative estimate of drug-likeness (QED) is 0.737. The molecule has 5 nitrogen and oxygen atoms in total. The summed E-state index contributed by atoms with van der Waals surface area (Å²) < 4.78 is 11.7. The van der Waals surface area contributed by atoms with Crippen LogP contribution in [0.1, 0.15) is 37.1 Å². The minimum absolute atomic E-state index is 0.0237. The minimum Gasteiger partial charge on any atom is -0.493 e. The van der Waals surface area contributed by atoms with E-state index in [1.165, 1.54) is 31.1 Å². The Morgan fingerprint density at radius 1 is 1.46 bits per heavy atom. The monoisotopic (exact) mass is 372 g/mol. The molecule has 2 aromatic rings. The van der Waals surface area contributed by atoms with Crippen molar-refractivity contribution in [3.8, 4) is 16.7 Å². The highest BCUT2D eigenvalue weighted by Gasteiger charge is 2.22. The van der Waals surface area contributed by atoms with Crippen molar-refractivity contribution >= 4 is 23.3 Å². The fraction of sp³-hybridized carbons (Fsp3) is 0.400. The summed E-state index contributed by atoms with van der Waals surface area (Å²) in [6, 6.07) is 5.84. The first-order valence-electron chi connectivity index (χ1n) is 8.82. The van der Waals surface area contributed by atoms with E-state index in [4.69, 9.17) is 9.47 Å². The van der Waals surface area contributed by atoms with Crippen molar-refractivity contribution in [2.45, 2.75) is 39.7 Å². The summed E-state index contributed by atoms with van der Waals surface area (Å²) in [5, 5.41) is 3.40. The number of carbonyl (C=O) groups excluding carboxylic acids is 1. The van der Waals surface area contributed by atoms with Crippen molar-refractivity contribution in [2.24, 2.45) is 5.92 Å². The first-order valence-corrected chi connectivity index (χ1v) is 9.63. The minimum atomic E-state index is -0.0458. The van der Waals surface area contributed by atoms with Gasteiger partial charge in [0.15, 0.2) is 0 Å². The Morgan fingerprint density at radius 3 is 2.96 bits per heavy atom. The highest BCUT2D eigenvalue weighted by Crippen LogP contribution is 2.33. The Morgan fingerprint density at radius 2 is 2.27 bits per heavy atom.